The quantitative estimate of drug-likeness (QED) is 0.376. The lowest BCUT2D eigenvalue weighted by Gasteiger charge is -2.14. The van der Waals surface area contributed by atoms with E-state index in [1.54, 1.807) is 13.0 Å². The first-order chi connectivity index (χ1) is 5.33. The van der Waals surface area contributed by atoms with Crippen LogP contribution in [0.4, 0.5) is 0 Å². The maximum Gasteiger partial charge on any atom is 0.317 e. The molecular formula is C7H18ClN3O2. The molecule has 0 bridgehead atoms. The third-order valence-corrected chi connectivity index (χ3v) is 0.759. The molecule has 0 aromatic rings. The van der Waals surface area contributed by atoms with Gasteiger partial charge in [0, 0.05) is 0 Å². The van der Waals surface area contributed by atoms with Crippen LogP contribution >= 0.6 is 12.4 Å². The SMILES string of the molecule is C=CCC(C)(N)N.Cl.NCC(=O)O. The number of hydrogen-bond acceptors (Lipinski definition) is 4. The van der Waals surface area contributed by atoms with Crippen molar-refractivity contribution in [1.29, 1.82) is 0 Å². The summed E-state index contributed by atoms with van der Waals surface area (Å²) < 4.78 is 0. The Morgan fingerprint density at radius 1 is 1.62 bits per heavy atom. The highest BCUT2D eigenvalue weighted by Crippen LogP contribution is 1.93. The van der Waals surface area contributed by atoms with Crippen molar-refractivity contribution >= 4 is 18.4 Å². The van der Waals surface area contributed by atoms with Crippen molar-refractivity contribution in [2.24, 2.45) is 17.2 Å². The zero-order valence-corrected chi connectivity index (χ0v) is 8.51. The maximum absolute atomic E-state index is 9.24. The molecule has 0 aromatic heterocycles. The van der Waals surface area contributed by atoms with E-state index < -0.39 is 11.6 Å². The van der Waals surface area contributed by atoms with Crippen LogP contribution in [0.1, 0.15) is 13.3 Å². The average molecular weight is 212 g/mol. The molecule has 0 heterocycles. The van der Waals surface area contributed by atoms with Gasteiger partial charge >= 0.3 is 5.97 Å². The van der Waals surface area contributed by atoms with Crippen LogP contribution in [-0.4, -0.2) is 23.3 Å². The van der Waals surface area contributed by atoms with Gasteiger partial charge in [0.2, 0.25) is 0 Å². The van der Waals surface area contributed by atoms with Gasteiger partial charge in [0.25, 0.3) is 0 Å². The maximum atomic E-state index is 9.24. The summed E-state index contributed by atoms with van der Waals surface area (Å²) in [5.41, 5.74) is 14.7. The summed E-state index contributed by atoms with van der Waals surface area (Å²) in [4.78, 5) is 9.24. The van der Waals surface area contributed by atoms with Crippen LogP contribution in [0.3, 0.4) is 0 Å². The van der Waals surface area contributed by atoms with E-state index in [2.05, 4.69) is 12.3 Å². The summed E-state index contributed by atoms with van der Waals surface area (Å²) in [6, 6.07) is 0. The summed E-state index contributed by atoms with van der Waals surface area (Å²) in [5, 5.41) is 7.60. The van der Waals surface area contributed by atoms with Crippen molar-refractivity contribution in [3.05, 3.63) is 12.7 Å². The molecule has 0 aromatic carbocycles. The molecule has 0 spiro atoms. The highest BCUT2D eigenvalue weighted by atomic mass is 35.5. The molecular weight excluding hydrogens is 194 g/mol. The lowest BCUT2D eigenvalue weighted by atomic mass is 10.1. The second kappa shape index (κ2) is 9.47. The smallest absolute Gasteiger partial charge is 0.317 e. The number of carboxylic acids is 1. The zero-order valence-electron chi connectivity index (χ0n) is 7.69. The molecule has 0 unspecified atom stereocenters. The van der Waals surface area contributed by atoms with Crippen LogP contribution in [0.15, 0.2) is 12.7 Å². The normalized spacial score (nSPS) is 8.92. The third kappa shape index (κ3) is 34.6. The van der Waals surface area contributed by atoms with E-state index in [-0.39, 0.29) is 19.0 Å². The van der Waals surface area contributed by atoms with Crippen LogP contribution in [-0.2, 0) is 4.79 Å². The van der Waals surface area contributed by atoms with Crippen molar-refractivity contribution in [3.8, 4) is 0 Å². The summed E-state index contributed by atoms with van der Waals surface area (Å²) in [5.74, 6) is -0.968. The van der Waals surface area contributed by atoms with Gasteiger partial charge in [-0.25, -0.2) is 0 Å². The Labute approximate surface area is 84.4 Å². The van der Waals surface area contributed by atoms with Gasteiger partial charge in [-0.2, -0.15) is 0 Å². The molecule has 0 radical (unpaired) electrons. The minimum absolute atomic E-state index is 0. The highest BCUT2D eigenvalue weighted by Gasteiger charge is 2.05. The fourth-order valence-electron chi connectivity index (χ4n) is 0.311. The first-order valence-electron chi connectivity index (χ1n) is 3.44. The molecule has 0 amide bonds. The summed E-state index contributed by atoms with van der Waals surface area (Å²) in [6.45, 7) is 4.97. The number of halogens is 1. The van der Waals surface area contributed by atoms with Gasteiger partial charge in [-0.1, -0.05) is 6.08 Å². The van der Waals surface area contributed by atoms with Crippen LogP contribution in [0.2, 0.25) is 0 Å². The van der Waals surface area contributed by atoms with Gasteiger partial charge in [0.05, 0.1) is 12.2 Å². The van der Waals surface area contributed by atoms with E-state index in [0.717, 1.165) is 0 Å². The zero-order chi connectivity index (χ0) is 10.2. The number of hydrogen-bond donors (Lipinski definition) is 4. The number of aliphatic carboxylic acids is 1. The van der Waals surface area contributed by atoms with Crippen molar-refractivity contribution in [3.63, 3.8) is 0 Å². The molecule has 0 rings (SSSR count). The molecule has 7 N–H and O–H groups in total. The second-order valence-electron chi connectivity index (χ2n) is 2.60. The molecule has 0 aliphatic rings. The molecule has 6 heteroatoms. The molecule has 0 aliphatic carbocycles. The molecule has 0 saturated heterocycles. The third-order valence-electron chi connectivity index (χ3n) is 0.759. The molecule has 13 heavy (non-hydrogen) atoms. The van der Waals surface area contributed by atoms with Gasteiger partial charge in [0.15, 0.2) is 0 Å². The van der Waals surface area contributed by atoms with E-state index in [1.807, 2.05) is 0 Å². The van der Waals surface area contributed by atoms with Crippen molar-refractivity contribution in [1.82, 2.24) is 0 Å². The van der Waals surface area contributed by atoms with Gasteiger partial charge < -0.3 is 22.3 Å². The van der Waals surface area contributed by atoms with Crippen molar-refractivity contribution < 1.29 is 9.90 Å². The minimum Gasteiger partial charge on any atom is -0.480 e. The Balaban J connectivity index is -0.000000150. The second-order valence-corrected chi connectivity index (χ2v) is 2.60. The number of nitrogens with two attached hydrogens (primary N) is 3. The Bertz CT molecular complexity index is 145. The highest BCUT2D eigenvalue weighted by molar-refractivity contribution is 5.85. The first-order valence-corrected chi connectivity index (χ1v) is 3.44. The largest absolute Gasteiger partial charge is 0.480 e. The topological polar surface area (TPSA) is 115 Å². The van der Waals surface area contributed by atoms with E-state index in [9.17, 15) is 4.79 Å². The summed E-state index contributed by atoms with van der Waals surface area (Å²) in [6.07, 6.45) is 2.37. The van der Waals surface area contributed by atoms with E-state index in [0.29, 0.717) is 6.42 Å². The summed E-state index contributed by atoms with van der Waals surface area (Å²) in [7, 11) is 0. The van der Waals surface area contributed by atoms with Crippen molar-refractivity contribution in [2.75, 3.05) is 6.54 Å². The molecule has 5 nitrogen and oxygen atoms in total. The fourth-order valence-corrected chi connectivity index (χ4v) is 0.311. The average Bonchev–Trinajstić information content (AvgIpc) is 1.86. The Kier molecular flexibility index (Phi) is 13.3. The standard InChI is InChI=1S/C5H12N2.C2H5NO2.ClH/c1-3-4-5(2,6)7;3-1-2(4)5;/h3H,1,4,6-7H2,2H3;1,3H2,(H,4,5);1H. The minimum atomic E-state index is -0.968. The number of rotatable bonds is 3. The van der Waals surface area contributed by atoms with Crippen LogP contribution in [0.5, 0.6) is 0 Å². The van der Waals surface area contributed by atoms with E-state index in [4.69, 9.17) is 16.6 Å². The molecule has 0 saturated carbocycles. The molecule has 0 aliphatic heterocycles. The Hall–Kier alpha value is -0.620. The van der Waals surface area contributed by atoms with Gasteiger partial charge in [-0.05, 0) is 13.3 Å². The van der Waals surface area contributed by atoms with Crippen LogP contribution in [0, 0.1) is 0 Å². The monoisotopic (exact) mass is 211 g/mol. The lowest BCUT2D eigenvalue weighted by Crippen LogP contribution is -2.45. The molecule has 0 atom stereocenters. The first kappa shape index (κ1) is 18.2. The predicted molar refractivity (Wildman–Crippen MR) is 55.5 cm³/mol. The Morgan fingerprint density at radius 3 is 1.92 bits per heavy atom. The van der Waals surface area contributed by atoms with Gasteiger partial charge in [-0.3, -0.25) is 4.79 Å². The van der Waals surface area contributed by atoms with Gasteiger partial charge in [-0.15, -0.1) is 19.0 Å². The fraction of sp³-hybridized carbons (Fsp3) is 0.571. The number of carbonyl (C=O) groups is 1. The van der Waals surface area contributed by atoms with E-state index >= 15 is 0 Å². The number of carboxylic acid groups (broad SMARTS) is 1. The van der Waals surface area contributed by atoms with E-state index in [1.165, 1.54) is 0 Å². The molecule has 0 fully saturated rings. The lowest BCUT2D eigenvalue weighted by molar-refractivity contribution is -0.135. The van der Waals surface area contributed by atoms with Crippen molar-refractivity contribution in [2.45, 2.75) is 19.0 Å². The van der Waals surface area contributed by atoms with Gasteiger partial charge in [0.1, 0.15) is 0 Å². The predicted octanol–water partition coefficient (Wildman–Crippen LogP) is -0.352. The Morgan fingerprint density at radius 2 is 1.92 bits per heavy atom. The molecule has 80 valence electrons. The van der Waals surface area contributed by atoms with Crippen LogP contribution in [0.25, 0.3) is 0 Å². The summed E-state index contributed by atoms with van der Waals surface area (Å²) >= 11 is 0. The van der Waals surface area contributed by atoms with Crippen LogP contribution < -0.4 is 17.2 Å².